The molecule has 0 heterocycles. The first-order valence-electron chi connectivity index (χ1n) is 18.5. The average molecular weight is 695 g/mol. The summed E-state index contributed by atoms with van der Waals surface area (Å²) in [6, 6.07) is 4.68. The molecule has 5 rings (SSSR count). The van der Waals surface area contributed by atoms with Crippen LogP contribution in [0.2, 0.25) is 0 Å². The number of aliphatic carboxylic acids is 1. The molecule has 8 atom stereocenters. The van der Waals surface area contributed by atoms with E-state index in [1.165, 1.54) is 6.07 Å². The fraction of sp³-hybridized carbons (Fsp3) is 0.667. The molecule has 50 heavy (non-hydrogen) atoms. The molecular formula is C39H50O11. The number of unbranched alkanes of at least 4 members (excludes halogenated alkanes) is 4. The summed E-state index contributed by atoms with van der Waals surface area (Å²) in [5.74, 6) is -13.0. The van der Waals surface area contributed by atoms with Crippen LogP contribution in [0.5, 0.6) is 5.75 Å². The van der Waals surface area contributed by atoms with Crippen LogP contribution in [0.1, 0.15) is 132 Å². The molecule has 0 bridgehead atoms. The number of carbonyl (C=O) groups is 7. The molecule has 3 unspecified atom stereocenters. The van der Waals surface area contributed by atoms with Crippen LogP contribution in [-0.2, 0) is 33.5 Å². The van der Waals surface area contributed by atoms with Gasteiger partial charge in [0.05, 0.1) is 17.4 Å². The highest BCUT2D eigenvalue weighted by Gasteiger charge is 2.71. The molecule has 0 saturated heterocycles. The summed E-state index contributed by atoms with van der Waals surface area (Å²) in [6.45, 7) is 3.22. The Balaban J connectivity index is 1.42. The maximum absolute atomic E-state index is 14.5. The minimum Gasteiger partial charge on any atom is -0.507 e. The summed E-state index contributed by atoms with van der Waals surface area (Å²) in [4.78, 5) is 93.8. The molecule has 0 amide bonds. The molecular weight excluding hydrogens is 644 g/mol. The zero-order valence-corrected chi connectivity index (χ0v) is 29.1. The predicted octanol–water partition coefficient (Wildman–Crippen LogP) is 5.31. The number of aliphatic hydroxyl groups is 1. The van der Waals surface area contributed by atoms with Crippen molar-refractivity contribution in [2.24, 2.45) is 35.5 Å². The maximum Gasteiger partial charge on any atom is 0.306 e. The number of benzene rings is 1. The maximum atomic E-state index is 14.5. The van der Waals surface area contributed by atoms with Gasteiger partial charge in [0, 0.05) is 31.1 Å². The van der Waals surface area contributed by atoms with Gasteiger partial charge in [-0.05, 0) is 49.1 Å². The topological polar surface area (TPSA) is 189 Å². The minimum absolute atomic E-state index is 0.0504. The number of ether oxygens (including phenoxy) is 1. The number of carboxylic acids is 1. The third-order valence-corrected chi connectivity index (χ3v) is 11.9. The molecule has 3 saturated carbocycles. The van der Waals surface area contributed by atoms with Gasteiger partial charge in [-0.1, -0.05) is 77.3 Å². The van der Waals surface area contributed by atoms with Crippen molar-refractivity contribution in [3.63, 3.8) is 0 Å². The van der Waals surface area contributed by atoms with Gasteiger partial charge in [-0.3, -0.25) is 33.6 Å². The molecule has 0 radical (unpaired) electrons. The lowest BCUT2D eigenvalue weighted by atomic mass is 9.49. The first kappa shape index (κ1) is 37.5. The highest BCUT2D eigenvalue weighted by Crippen LogP contribution is 2.56. The van der Waals surface area contributed by atoms with Crippen molar-refractivity contribution in [3.05, 3.63) is 29.3 Å². The summed E-state index contributed by atoms with van der Waals surface area (Å²) >= 11 is 0. The van der Waals surface area contributed by atoms with E-state index in [1.54, 1.807) is 26.0 Å². The first-order chi connectivity index (χ1) is 23.8. The highest BCUT2D eigenvalue weighted by molar-refractivity contribution is 6.32. The van der Waals surface area contributed by atoms with E-state index in [1.807, 2.05) is 0 Å². The SMILES string of the molecule is CCC(=O)O[C@H]1[C@H]2C(C(=O)c3c(O)cccc3[C@@H]2CCC2CCCC2)C(=O)[C@]2(O)C(=O)C(C(=O)CCCCCCCC(C)C(=O)O)C(=O)C[C@H]12. The lowest BCUT2D eigenvalue weighted by Crippen LogP contribution is -2.72. The molecule has 4 aliphatic carbocycles. The van der Waals surface area contributed by atoms with E-state index < -0.39 is 94.5 Å². The molecule has 0 spiro atoms. The molecule has 3 N–H and O–H groups in total. The van der Waals surface area contributed by atoms with Gasteiger partial charge in [-0.2, -0.15) is 0 Å². The summed E-state index contributed by atoms with van der Waals surface area (Å²) in [6.07, 6.45) is 7.22. The molecule has 11 nitrogen and oxygen atoms in total. The van der Waals surface area contributed by atoms with Crippen molar-refractivity contribution in [1.29, 1.82) is 0 Å². The fourth-order valence-corrected chi connectivity index (χ4v) is 9.14. The predicted molar refractivity (Wildman–Crippen MR) is 179 cm³/mol. The molecule has 3 fully saturated rings. The van der Waals surface area contributed by atoms with Gasteiger partial charge in [0.1, 0.15) is 17.8 Å². The lowest BCUT2D eigenvalue weighted by Gasteiger charge is -2.54. The number of esters is 1. The number of phenols is 1. The van der Waals surface area contributed by atoms with Crippen molar-refractivity contribution >= 4 is 40.9 Å². The monoisotopic (exact) mass is 694 g/mol. The van der Waals surface area contributed by atoms with Crippen LogP contribution in [0.3, 0.4) is 0 Å². The normalized spacial score (nSPS) is 30.0. The molecule has 11 heteroatoms. The van der Waals surface area contributed by atoms with E-state index in [4.69, 9.17) is 9.84 Å². The number of Topliss-reactive ketones (excluding diaryl/α,β-unsaturated/α-hetero) is 5. The molecule has 4 aliphatic rings. The van der Waals surface area contributed by atoms with Crippen molar-refractivity contribution in [2.45, 2.75) is 128 Å². The van der Waals surface area contributed by atoms with Gasteiger partial charge in [0.25, 0.3) is 0 Å². The Morgan fingerprint density at radius 1 is 0.960 bits per heavy atom. The van der Waals surface area contributed by atoms with Gasteiger partial charge in [-0.25, -0.2) is 0 Å². The van der Waals surface area contributed by atoms with Crippen molar-refractivity contribution < 1.29 is 53.6 Å². The van der Waals surface area contributed by atoms with E-state index in [-0.39, 0.29) is 24.2 Å². The summed E-state index contributed by atoms with van der Waals surface area (Å²) < 4.78 is 5.93. The second kappa shape index (κ2) is 15.7. The van der Waals surface area contributed by atoms with Crippen molar-refractivity contribution in [3.8, 4) is 5.75 Å². The Kier molecular flexibility index (Phi) is 11.8. The Morgan fingerprint density at radius 2 is 1.64 bits per heavy atom. The van der Waals surface area contributed by atoms with E-state index >= 15 is 0 Å². The van der Waals surface area contributed by atoms with E-state index in [0.29, 0.717) is 43.6 Å². The van der Waals surface area contributed by atoms with Crippen LogP contribution in [0.4, 0.5) is 0 Å². The Hall–Kier alpha value is -3.73. The number of aromatic hydroxyl groups is 1. The van der Waals surface area contributed by atoms with E-state index in [0.717, 1.165) is 44.9 Å². The third-order valence-electron chi connectivity index (χ3n) is 11.9. The zero-order valence-electron chi connectivity index (χ0n) is 29.1. The summed E-state index contributed by atoms with van der Waals surface area (Å²) in [5, 5.41) is 32.1. The van der Waals surface area contributed by atoms with Crippen LogP contribution in [0.25, 0.3) is 0 Å². The van der Waals surface area contributed by atoms with Crippen LogP contribution < -0.4 is 0 Å². The first-order valence-corrected chi connectivity index (χ1v) is 18.5. The van der Waals surface area contributed by atoms with Gasteiger partial charge in [0.2, 0.25) is 0 Å². The van der Waals surface area contributed by atoms with Gasteiger partial charge >= 0.3 is 11.9 Å². The molecule has 0 aliphatic heterocycles. The van der Waals surface area contributed by atoms with E-state index in [9.17, 15) is 43.8 Å². The average Bonchev–Trinajstić information content (AvgIpc) is 3.60. The van der Waals surface area contributed by atoms with Crippen LogP contribution >= 0.6 is 0 Å². The molecule has 272 valence electrons. The number of ketones is 5. The Morgan fingerprint density at radius 3 is 2.32 bits per heavy atom. The molecule has 1 aromatic carbocycles. The summed E-state index contributed by atoms with van der Waals surface area (Å²) in [5.41, 5.74) is -2.45. The Labute approximate surface area is 292 Å². The number of carboxylic acid groups (broad SMARTS) is 1. The smallest absolute Gasteiger partial charge is 0.306 e. The minimum atomic E-state index is -2.91. The van der Waals surface area contributed by atoms with Crippen LogP contribution in [-0.4, -0.2) is 67.9 Å². The van der Waals surface area contributed by atoms with Crippen molar-refractivity contribution in [1.82, 2.24) is 0 Å². The third kappa shape index (κ3) is 7.07. The summed E-state index contributed by atoms with van der Waals surface area (Å²) in [7, 11) is 0. The number of rotatable bonds is 15. The molecule has 1 aromatic rings. The zero-order chi connectivity index (χ0) is 36.3. The second-order valence-corrected chi connectivity index (χ2v) is 15.0. The van der Waals surface area contributed by atoms with Gasteiger partial charge in [-0.15, -0.1) is 0 Å². The van der Waals surface area contributed by atoms with Gasteiger partial charge < -0.3 is 20.1 Å². The van der Waals surface area contributed by atoms with Gasteiger partial charge in [0.15, 0.2) is 34.5 Å². The number of hydrogen-bond donors (Lipinski definition) is 3. The van der Waals surface area contributed by atoms with E-state index in [2.05, 4.69) is 0 Å². The number of phenolic OH excluding ortho intramolecular Hbond substituents is 1. The van der Waals surface area contributed by atoms with Crippen LogP contribution in [0, 0.1) is 35.5 Å². The Bertz CT molecular complexity index is 1520. The van der Waals surface area contributed by atoms with Crippen LogP contribution in [0.15, 0.2) is 18.2 Å². The fourth-order valence-electron chi connectivity index (χ4n) is 9.14. The highest BCUT2D eigenvalue weighted by atomic mass is 16.5. The quantitative estimate of drug-likeness (QED) is 0.123. The lowest BCUT2D eigenvalue weighted by molar-refractivity contribution is -0.199. The van der Waals surface area contributed by atoms with Crippen molar-refractivity contribution in [2.75, 3.05) is 0 Å². The number of hydrogen-bond acceptors (Lipinski definition) is 10. The standard InChI is InChI=1S/C39H50O11/c1-3-29(43)50-35-25-20-28(42)32(27(41)16-8-6-4-5-7-12-21(2)38(47)48)36(45)39(25,49)37(46)33-31(35)24(19-18-22-13-9-10-14-22)23-15-11-17-26(40)30(23)34(33)44/h11,15,17,21-22,24-25,31-33,35,40,49H,3-10,12-14,16,18-20H2,1-2H3,(H,47,48)/t21?,24-,25+,31+,32?,33?,35+,39+/m0/s1. The number of fused-ring (bicyclic) bond motifs is 3. The largest absolute Gasteiger partial charge is 0.507 e. The molecule has 0 aromatic heterocycles. The number of carbonyl (C=O) groups excluding carboxylic acids is 6. The second-order valence-electron chi connectivity index (χ2n) is 15.0.